The minimum atomic E-state index is -4.43. The van der Waals surface area contributed by atoms with Crippen molar-refractivity contribution in [3.05, 3.63) is 29.8 Å². The maximum absolute atomic E-state index is 12.5. The number of aromatic amines is 1. The summed E-state index contributed by atoms with van der Waals surface area (Å²) >= 11 is 0. The van der Waals surface area contributed by atoms with Gasteiger partial charge in [0.1, 0.15) is 0 Å². The number of hydrogen-bond acceptors (Lipinski definition) is 4. The normalized spacial score (nSPS) is 18.7. The molecule has 1 saturated carbocycles. The number of H-pyrrole nitrogens is 1. The monoisotopic (exact) mass is 300 g/mol. The zero-order chi connectivity index (χ0) is 15.1. The van der Waals surface area contributed by atoms with Crippen LogP contribution in [0.5, 0.6) is 0 Å². The van der Waals surface area contributed by atoms with Crippen LogP contribution in [0.25, 0.3) is 0 Å². The molecule has 0 saturated heterocycles. The molecular formula is C12H15F3N6. The van der Waals surface area contributed by atoms with Gasteiger partial charge in [-0.05, 0) is 25.8 Å². The molecule has 1 unspecified atom stereocenters. The third-order valence-corrected chi connectivity index (χ3v) is 3.76. The molecule has 1 aliphatic carbocycles. The van der Waals surface area contributed by atoms with Crippen LogP contribution in [0, 0.1) is 0 Å². The van der Waals surface area contributed by atoms with Crippen LogP contribution in [0.15, 0.2) is 18.5 Å². The highest BCUT2D eigenvalue weighted by molar-refractivity contribution is 5.14. The standard InChI is InChI=1S/C12H15F3N6/c1-8(9-6-10(20-19-9)12(13,14)15)16-7-11(2-3-11)21-17-4-5-18-21/h4-6,8,16H,2-3,7H2,1H3,(H,19,20). The Kier molecular flexibility index (Phi) is 3.23. The molecular weight excluding hydrogens is 285 g/mol. The van der Waals surface area contributed by atoms with E-state index in [1.54, 1.807) is 24.1 Å². The second-order valence-electron chi connectivity index (χ2n) is 5.35. The number of hydrogen-bond donors (Lipinski definition) is 2. The fourth-order valence-corrected chi connectivity index (χ4v) is 2.21. The summed E-state index contributed by atoms with van der Waals surface area (Å²) in [6, 6.07) is 0.769. The minimum Gasteiger partial charge on any atom is -0.306 e. The van der Waals surface area contributed by atoms with Crippen molar-refractivity contribution in [2.24, 2.45) is 0 Å². The summed E-state index contributed by atoms with van der Waals surface area (Å²) in [5.41, 5.74) is -0.641. The average Bonchev–Trinajstić information content (AvgIpc) is 2.88. The number of rotatable bonds is 5. The van der Waals surface area contributed by atoms with Gasteiger partial charge in [-0.3, -0.25) is 5.10 Å². The van der Waals surface area contributed by atoms with Crippen molar-refractivity contribution in [3.63, 3.8) is 0 Å². The molecule has 0 aliphatic heterocycles. The van der Waals surface area contributed by atoms with E-state index in [9.17, 15) is 13.2 Å². The minimum absolute atomic E-state index is 0.148. The Bertz CT molecular complexity index is 599. The Labute approximate surface area is 118 Å². The molecule has 114 valence electrons. The predicted molar refractivity (Wildman–Crippen MR) is 67.2 cm³/mol. The summed E-state index contributed by atoms with van der Waals surface area (Å²) in [5.74, 6) is 0. The smallest absolute Gasteiger partial charge is 0.306 e. The van der Waals surface area contributed by atoms with Gasteiger partial charge in [-0.25, -0.2) is 0 Å². The fourth-order valence-electron chi connectivity index (χ4n) is 2.21. The van der Waals surface area contributed by atoms with Crippen molar-refractivity contribution in [3.8, 4) is 0 Å². The van der Waals surface area contributed by atoms with Gasteiger partial charge >= 0.3 is 6.18 Å². The quantitative estimate of drug-likeness (QED) is 0.884. The van der Waals surface area contributed by atoms with Crippen LogP contribution in [0.4, 0.5) is 13.2 Å². The van der Waals surface area contributed by atoms with Gasteiger partial charge in [0.2, 0.25) is 0 Å². The largest absolute Gasteiger partial charge is 0.435 e. The Hall–Kier alpha value is -1.90. The lowest BCUT2D eigenvalue weighted by molar-refractivity contribution is -0.141. The van der Waals surface area contributed by atoms with E-state index in [1.807, 2.05) is 0 Å². The molecule has 0 bridgehead atoms. The third-order valence-electron chi connectivity index (χ3n) is 3.76. The molecule has 0 aromatic carbocycles. The summed E-state index contributed by atoms with van der Waals surface area (Å²) in [7, 11) is 0. The van der Waals surface area contributed by atoms with Crippen molar-refractivity contribution in [1.82, 2.24) is 30.5 Å². The van der Waals surface area contributed by atoms with Crippen molar-refractivity contribution < 1.29 is 13.2 Å². The zero-order valence-electron chi connectivity index (χ0n) is 11.4. The van der Waals surface area contributed by atoms with Crippen LogP contribution in [-0.4, -0.2) is 31.7 Å². The van der Waals surface area contributed by atoms with E-state index in [-0.39, 0.29) is 11.6 Å². The van der Waals surface area contributed by atoms with Gasteiger partial charge in [-0.2, -0.15) is 33.3 Å². The molecule has 2 heterocycles. The SMILES string of the molecule is CC(NCC1(n2nccn2)CC1)c1cc(C(F)(F)F)n[nH]1. The van der Waals surface area contributed by atoms with Gasteiger partial charge in [0.05, 0.1) is 23.6 Å². The Morgan fingerprint density at radius 2 is 2.05 bits per heavy atom. The van der Waals surface area contributed by atoms with Crippen molar-refractivity contribution >= 4 is 0 Å². The van der Waals surface area contributed by atoms with Crippen LogP contribution in [0.2, 0.25) is 0 Å². The highest BCUT2D eigenvalue weighted by atomic mass is 19.4. The van der Waals surface area contributed by atoms with Gasteiger partial charge in [-0.1, -0.05) is 0 Å². The molecule has 21 heavy (non-hydrogen) atoms. The molecule has 6 nitrogen and oxygen atoms in total. The lowest BCUT2D eigenvalue weighted by atomic mass is 10.2. The van der Waals surface area contributed by atoms with Crippen molar-refractivity contribution in [2.75, 3.05) is 6.54 Å². The number of nitrogens with zero attached hydrogens (tertiary/aromatic N) is 4. The molecule has 0 amide bonds. The van der Waals surface area contributed by atoms with E-state index < -0.39 is 11.9 Å². The van der Waals surface area contributed by atoms with E-state index in [0.717, 1.165) is 18.9 Å². The van der Waals surface area contributed by atoms with E-state index in [1.165, 1.54) is 0 Å². The fraction of sp³-hybridized carbons (Fsp3) is 0.583. The second-order valence-corrected chi connectivity index (χ2v) is 5.35. The summed E-state index contributed by atoms with van der Waals surface area (Å²) < 4.78 is 37.5. The van der Waals surface area contributed by atoms with Crippen molar-refractivity contribution in [2.45, 2.75) is 37.5 Å². The van der Waals surface area contributed by atoms with Crippen LogP contribution in [0.3, 0.4) is 0 Å². The topological polar surface area (TPSA) is 71.4 Å². The van der Waals surface area contributed by atoms with Crippen molar-refractivity contribution in [1.29, 1.82) is 0 Å². The van der Waals surface area contributed by atoms with Gasteiger partial charge in [0.15, 0.2) is 5.69 Å². The number of nitrogens with one attached hydrogen (secondary N) is 2. The highest BCUT2D eigenvalue weighted by Crippen LogP contribution is 2.42. The first-order valence-corrected chi connectivity index (χ1v) is 6.63. The number of aromatic nitrogens is 5. The Balaban J connectivity index is 1.62. The maximum atomic E-state index is 12.5. The Morgan fingerprint density at radius 1 is 1.38 bits per heavy atom. The van der Waals surface area contributed by atoms with Gasteiger partial charge in [0, 0.05) is 12.6 Å². The average molecular weight is 300 g/mol. The van der Waals surface area contributed by atoms with Crippen LogP contribution in [0.1, 0.15) is 37.2 Å². The molecule has 1 atom stereocenters. The summed E-state index contributed by atoms with van der Waals surface area (Å²) in [4.78, 5) is 1.67. The summed E-state index contributed by atoms with van der Waals surface area (Å²) in [6.07, 6.45) is 0.726. The third kappa shape index (κ3) is 2.78. The number of alkyl halides is 3. The predicted octanol–water partition coefficient (Wildman–Crippen LogP) is 1.86. The maximum Gasteiger partial charge on any atom is 0.435 e. The molecule has 2 aromatic rings. The van der Waals surface area contributed by atoms with Gasteiger partial charge in [-0.15, -0.1) is 0 Å². The molecule has 3 rings (SSSR count). The van der Waals surface area contributed by atoms with E-state index in [2.05, 4.69) is 25.7 Å². The van der Waals surface area contributed by atoms with Crippen LogP contribution in [-0.2, 0) is 11.7 Å². The molecule has 2 aromatic heterocycles. The second kappa shape index (κ2) is 4.83. The highest BCUT2D eigenvalue weighted by Gasteiger charge is 2.46. The first kappa shape index (κ1) is 14.1. The van der Waals surface area contributed by atoms with Crippen LogP contribution >= 0.6 is 0 Å². The Morgan fingerprint density at radius 3 is 2.57 bits per heavy atom. The van der Waals surface area contributed by atoms with Gasteiger partial charge in [0.25, 0.3) is 0 Å². The summed E-state index contributed by atoms with van der Waals surface area (Å²) in [6.45, 7) is 2.39. The lowest BCUT2D eigenvalue weighted by Crippen LogP contribution is -2.34. The first-order valence-electron chi connectivity index (χ1n) is 6.63. The van der Waals surface area contributed by atoms with E-state index in [4.69, 9.17) is 0 Å². The van der Waals surface area contributed by atoms with E-state index >= 15 is 0 Å². The lowest BCUT2D eigenvalue weighted by Gasteiger charge is -2.18. The first-order chi connectivity index (χ1) is 9.91. The van der Waals surface area contributed by atoms with Crippen LogP contribution < -0.4 is 5.32 Å². The molecule has 2 N–H and O–H groups in total. The molecule has 0 radical (unpaired) electrons. The molecule has 1 fully saturated rings. The number of halogens is 3. The molecule has 9 heteroatoms. The molecule has 0 spiro atoms. The van der Waals surface area contributed by atoms with Gasteiger partial charge < -0.3 is 5.32 Å². The zero-order valence-corrected chi connectivity index (χ0v) is 11.4. The van der Waals surface area contributed by atoms with E-state index in [0.29, 0.717) is 12.2 Å². The molecule has 1 aliphatic rings. The summed E-state index contributed by atoms with van der Waals surface area (Å²) in [5, 5.41) is 17.2.